The summed E-state index contributed by atoms with van der Waals surface area (Å²) in [5, 5.41) is 9.52. The van der Waals surface area contributed by atoms with Crippen LogP contribution < -0.4 is 0 Å². The molecule has 1 aromatic rings. The van der Waals surface area contributed by atoms with Crippen LogP contribution in [0.3, 0.4) is 0 Å². The number of likely N-dealkylation sites (tertiary alicyclic amines) is 2. The highest BCUT2D eigenvalue weighted by Gasteiger charge is 2.55. The lowest BCUT2D eigenvalue weighted by molar-refractivity contribution is -0.147. The van der Waals surface area contributed by atoms with Crippen LogP contribution in [-0.2, 0) is 20.8 Å². The summed E-state index contributed by atoms with van der Waals surface area (Å²) in [6.07, 6.45) is 2.29. The first kappa shape index (κ1) is 18.4. The van der Waals surface area contributed by atoms with Crippen molar-refractivity contribution in [3.63, 3.8) is 0 Å². The molecule has 2 amide bonds. The van der Waals surface area contributed by atoms with Gasteiger partial charge in [0.1, 0.15) is 0 Å². The van der Waals surface area contributed by atoms with Crippen LogP contribution in [0.4, 0.5) is 0 Å². The maximum atomic E-state index is 12.6. The average molecular weight is 358 g/mol. The highest BCUT2D eigenvalue weighted by molar-refractivity contribution is 5.88. The summed E-state index contributed by atoms with van der Waals surface area (Å²) in [4.78, 5) is 39.7. The van der Waals surface area contributed by atoms with Crippen molar-refractivity contribution < 1.29 is 19.5 Å². The number of carbonyl (C=O) groups excluding carboxylic acids is 2. The molecule has 0 bridgehead atoms. The second-order valence-electron chi connectivity index (χ2n) is 7.46. The van der Waals surface area contributed by atoms with E-state index in [2.05, 4.69) is 0 Å². The zero-order chi connectivity index (χ0) is 18.9. The van der Waals surface area contributed by atoms with Gasteiger partial charge in [0.05, 0.1) is 11.5 Å². The first-order valence-electron chi connectivity index (χ1n) is 9.17. The number of benzene rings is 1. The van der Waals surface area contributed by atoms with Crippen molar-refractivity contribution in [1.82, 2.24) is 9.80 Å². The van der Waals surface area contributed by atoms with E-state index in [9.17, 15) is 19.5 Å². The predicted molar refractivity (Wildman–Crippen MR) is 96.6 cm³/mol. The van der Waals surface area contributed by atoms with Gasteiger partial charge in [-0.3, -0.25) is 14.4 Å². The third kappa shape index (κ3) is 3.20. The second-order valence-corrected chi connectivity index (χ2v) is 7.46. The van der Waals surface area contributed by atoms with Gasteiger partial charge in [-0.2, -0.15) is 0 Å². The van der Waals surface area contributed by atoms with Gasteiger partial charge in [-0.1, -0.05) is 24.3 Å². The fourth-order valence-electron chi connectivity index (χ4n) is 4.42. The smallest absolute Gasteiger partial charge is 0.309 e. The Labute approximate surface area is 153 Å². The van der Waals surface area contributed by atoms with Crippen molar-refractivity contribution in [2.45, 2.75) is 44.6 Å². The van der Waals surface area contributed by atoms with Crippen LogP contribution in [0.15, 0.2) is 24.3 Å². The van der Waals surface area contributed by atoms with E-state index in [0.717, 1.165) is 0 Å². The van der Waals surface area contributed by atoms with Crippen LogP contribution in [0.2, 0.25) is 0 Å². The molecule has 2 aliphatic heterocycles. The van der Waals surface area contributed by atoms with Crippen molar-refractivity contribution >= 4 is 17.8 Å². The highest BCUT2D eigenvalue weighted by Crippen LogP contribution is 2.42. The molecule has 0 unspecified atom stereocenters. The number of carboxylic acid groups (broad SMARTS) is 1. The van der Waals surface area contributed by atoms with Crippen LogP contribution >= 0.6 is 0 Å². The minimum atomic E-state index is -0.915. The van der Waals surface area contributed by atoms with E-state index in [-0.39, 0.29) is 18.2 Å². The lowest BCUT2D eigenvalue weighted by atomic mass is 9.77. The van der Waals surface area contributed by atoms with Gasteiger partial charge in [0.15, 0.2) is 0 Å². The van der Waals surface area contributed by atoms with Gasteiger partial charge in [-0.05, 0) is 37.3 Å². The second kappa shape index (κ2) is 7.09. The number of aliphatic carboxylic acids is 1. The number of aryl methyl sites for hydroxylation is 2. The molecule has 6 nitrogen and oxygen atoms in total. The molecule has 0 saturated carbocycles. The minimum Gasteiger partial charge on any atom is -0.481 e. The standard InChI is InChI=1S/C20H26N2O4/c1-14-5-3-4-6-15(14)7-8-17(23)22-11-9-20(10-12-22)16(19(25)26)13-18(24)21(20)2/h3-6,16H,7-13H2,1-2H3,(H,25,26)/t16-/m1/s1. The summed E-state index contributed by atoms with van der Waals surface area (Å²) < 4.78 is 0. The fraction of sp³-hybridized carbons (Fsp3) is 0.550. The maximum absolute atomic E-state index is 12.6. The summed E-state index contributed by atoms with van der Waals surface area (Å²) in [6.45, 7) is 3.06. The van der Waals surface area contributed by atoms with E-state index in [4.69, 9.17) is 0 Å². The Morgan fingerprint density at radius 2 is 1.88 bits per heavy atom. The molecule has 1 N–H and O–H groups in total. The molecule has 2 aliphatic rings. The largest absolute Gasteiger partial charge is 0.481 e. The number of carboxylic acids is 1. The van der Waals surface area contributed by atoms with E-state index in [0.29, 0.717) is 38.8 Å². The Morgan fingerprint density at radius 3 is 2.50 bits per heavy atom. The summed E-state index contributed by atoms with van der Waals surface area (Å²) >= 11 is 0. The van der Waals surface area contributed by atoms with Crippen LogP contribution in [0.5, 0.6) is 0 Å². The number of rotatable bonds is 4. The third-order valence-electron chi connectivity index (χ3n) is 6.22. The molecule has 1 atom stereocenters. The van der Waals surface area contributed by atoms with Crippen molar-refractivity contribution in [3.8, 4) is 0 Å². The molecular weight excluding hydrogens is 332 g/mol. The molecule has 140 valence electrons. The van der Waals surface area contributed by atoms with Crippen molar-refractivity contribution in [1.29, 1.82) is 0 Å². The molecule has 0 aliphatic carbocycles. The van der Waals surface area contributed by atoms with Crippen LogP contribution in [-0.4, -0.2) is 58.4 Å². The van der Waals surface area contributed by atoms with Gasteiger partial charge in [-0.15, -0.1) is 0 Å². The molecule has 26 heavy (non-hydrogen) atoms. The highest BCUT2D eigenvalue weighted by atomic mass is 16.4. The number of nitrogens with zero attached hydrogens (tertiary/aromatic N) is 2. The number of hydrogen-bond donors (Lipinski definition) is 1. The summed E-state index contributed by atoms with van der Waals surface area (Å²) in [6, 6.07) is 8.06. The Balaban J connectivity index is 1.61. The Kier molecular flexibility index (Phi) is 5.03. The quantitative estimate of drug-likeness (QED) is 0.891. The van der Waals surface area contributed by atoms with Crippen molar-refractivity contribution in [3.05, 3.63) is 35.4 Å². The maximum Gasteiger partial charge on any atom is 0.309 e. The topological polar surface area (TPSA) is 77.9 Å². The first-order valence-corrected chi connectivity index (χ1v) is 9.17. The van der Waals surface area contributed by atoms with E-state index >= 15 is 0 Å². The first-order chi connectivity index (χ1) is 12.3. The normalized spacial score (nSPS) is 22.1. The summed E-state index contributed by atoms with van der Waals surface area (Å²) in [5.41, 5.74) is 1.73. The lowest BCUT2D eigenvalue weighted by Crippen LogP contribution is -2.57. The fourth-order valence-corrected chi connectivity index (χ4v) is 4.42. The van der Waals surface area contributed by atoms with E-state index in [1.165, 1.54) is 11.1 Å². The van der Waals surface area contributed by atoms with E-state index in [1.807, 2.05) is 36.1 Å². The SMILES string of the molecule is Cc1ccccc1CCC(=O)N1CCC2(CC1)[C@@H](C(=O)O)CC(=O)N2C. The number of hydrogen-bond acceptors (Lipinski definition) is 3. The van der Waals surface area contributed by atoms with E-state index < -0.39 is 17.4 Å². The molecule has 2 heterocycles. The van der Waals surface area contributed by atoms with Crippen molar-refractivity contribution in [2.75, 3.05) is 20.1 Å². The molecule has 1 aromatic carbocycles. The minimum absolute atomic E-state index is 0.0626. The van der Waals surface area contributed by atoms with E-state index in [1.54, 1.807) is 11.9 Å². The third-order valence-corrected chi connectivity index (χ3v) is 6.22. The Hall–Kier alpha value is -2.37. The van der Waals surface area contributed by atoms with Crippen LogP contribution in [0.25, 0.3) is 0 Å². The molecule has 6 heteroatoms. The van der Waals surface area contributed by atoms with Crippen molar-refractivity contribution in [2.24, 2.45) is 5.92 Å². The molecule has 3 rings (SSSR count). The molecule has 0 aromatic heterocycles. The molecule has 2 fully saturated rings. The van der Waals surface area contributed by atoms with Crippen LogP contribution in [0, 0.1) is 12.8 Å². The van der Waals surface area contributed by atoms with Gasteiger partial charge in [-0.25, -0.2) is 0 Å². The Bertz CT molecular complexity index is 722. The average Bonchev–Trinajstić information content (AvgIpc) is 2.87. The van der Waals surface area contributed by atoms with Gasteiger partial charge >= 0.3 is 5.97 Å². The lowest BCUT2D eigenvalue weighted by Gasteiger charge is -2.45. The Morgan fingerprint density at radius 1 is 1.23 bits per heavy atom. The number of amides is 2. The van der Waals surface area contributed by atoms with Gasteiger partial charge < -0.3 is 14.9 Å². The van der Waals surface area contributed by atoms with Crippen LogP contribution in [0.1, 0.15) is 36.8 Å². The van der Waals surface area contributed by atoms with Gasteiger partial charge in [0.25, 0.3) is 0 Å². The zero-order valence-corrected chi connectivity index (χ0v) is 15.4. The monoisotopic (exact) mass is 358 g/mol. The van der Waals surface area contributed by atoms with Gasteiger partial charge in [0.2, 0.25) is 11.8 Å². The molecule has 2 saturated heterocycles. The molecule has 0 radical (unpaired) electrons. The summed E-state index contributed by atoms with van der Waals surface area (Å²) in [7, 11) is 1.70. The number of piperidine rings is 1. The predicted octanol–water partition coefficient (Wildman–Crippen LogP) is 1.85. The number of carbonyl (C=O) groups is 3. The molecule has 1 spiro atoms. The summed E-state index contributed by atoms with van der Waals surface area (Å²) in [5.74, 6) is -1.61. The van der Waals surface area contributed by atoms with Gasteiger partial charge in [0, 0.05) is 33.0 Å². The zero-order valence-electron chi connectivity index (χ0n) is 15.4. The molecular formula is C20H26N2O4.